The average molecular weight is 262 g/mol. The van der Waals surface area contributed by atoms with E-state index in [0.29, 0.717) is 10.9 Å². The molecule has 0 aliphatic rings. The van der Waals surface area contributed by atoms with Gasteiger partial charge in [-0.1, -0.05) is 24.4 Å². The van der Waals surface area contributed by atoms with Crippen LogP contribution in [-0.4, -0.2) is 22.0 Å². The van der Waals surface area contributed by atoms with Crippen molar-refractivity contribution in [2.45, 2.75) is 0 Å². The minimum absolute atomic E-state index is 0.324. The third-order valence-electron chi connectivity index (χ3n) is 2.42. The van der Waals surface area contributed by atoms with Crippen molar-refractivity contribution < 1.29 is 4.39 Å². The molecule has 0 aliphatic carbocycles. The van der Waals surface area contributed by atoms with Gasteiger partial charge in [-0.15, -0.1) is 0 Å². The van der Waals surface area contributed by atoms with E-state index in [-0.39, 0.29) is 0 Å². The maximum atomic E-state index is 12.7. The van der Waals surface area contributed by atoms with Gasteiger partial charge in [0.2, 0.25) is 5.95 Å². The number of halogens is 1. The predicted molar refractivity (Wildman–Crippen MR) is 72.4 cm³/mol. The Morgan fingerprint density at radius 2 is 2.00 bits per heavy atom. The lowest BCUT2D eigenvalue weighted by Crippen LogP contribution is -2.15. The van der Waals surface area contributed by atoms with Crippen molar-refractivity contribution >= 4 is 28.8 Å². The lowest BCUT2D eigenvalue weighted by Gasteiger charge is -2.17. The maximum absolute atomic E-state index is 12.7. The maximum Gasteiger partial charge on any atom is 0.229 e. The van der Waals surface area contributed by atoms with Gasteiger partial charge >= 0.3 is 0 Å². The summed E-state index contributed by atoms with van der Waals surface area (Å²) in [5, 5.41) is 0. The first-order valence-electron chi connectivity index (χ1n) is 5.19. The van der Waals surface area contributed by atoms with Crippen LogP contribution in [0.1, 0.15) is 5.56 Å². The zero-order chi connectivity index (χ0) is 13.1. The molecule has 2 aromatic rings. The minimum Gasteiger partial charge on any atom is -0.389 e. The normalized spacial score (nSPS) is 10.1. The van der Waals surface area contributed by atoms with Crippen LogP contribution in [0.5, 0.6) is 0 Å². The smallest absolute Gasteiger partial charge is 0.229 e. The van der Waals surface area contributed by atoms with Crippen LogP contribution in [-0.2, 0) is 0 Å². The van der Waals surface area contributed by atoms with Crippen molar-refractivity contribution in [1.82, 2.24) is 9.97 Å². The van der Waals surface area contributed by atoms with Crippen LogP contribution in [0.4, 0.5) is 16.0 Å². The fourth-order valence-corrected chi connectivity index (χ4v) is 1.59. The molecule has 0 saturated heterocycles. The summed E-state index contributed by atoms with van der Waals surface area (Å²) in [6.45, 7) is 0. The SMILES string of the molecule is CN(c1cccc(C(N)=S)c1)c1ncc(F)cn1. The highest BCUT2D eigenvalue weighted by atomic mass is 32.1. The van der Waals surface area contributed by atoms with Gasteiger partial charge in [0.15, 0.2) is 5.82 Å². The van der Waals surface area contributed by atoms with Crippen LogP contribution in [0.2, 0.25) is 0 Å². The molecule has 0 amide bonds. The molecule has 92 valence electrons. The quantitative estimate of drug-likeness (QED) is 0.858. The van der Waals surface area contributed by atoms with Gasteiger partial charge in [-0.05, 0) is 12.1 Å². The number of anilines is 2. The zero-order valence-electron chi connectivity index (χ0n) is 9.67. The van der Waals surface area contributed by atoms with E-state index in [0.717, 1.165) is 23.6 Å². The van der Waals surface area contributed by atoms with Crippen molar-refractivity contribution in [1.29, 1.82) is 0 Å². The molecule has 4 nitrogen and oxygen atoms in total. The third-order valence-corrected chi connectivity index (χ3v) is 2.66. The molecule has 0 atom stereocenters. The highest BCUT2D eigenvalue weighted by Crippen LogP contribution is 2.20. The molecule has 0 fully saturated rings. The molecule has 6 heteroatoms. The number of rotatable bonds is 3. The number of aromatic nitrogens is 2. The van der Waals surface area contributed by atoms with Gasteiger partial charge in [-0.3, -0.25) is 0 Å². The van der Waals surface area contributed by atoms with Gasteiger partial charge in [0, 0.05) is 18.3 Å². The molecule has 0 saturated carbocycles. The first kappa shape index (κ1) is 12.4. The molecule has 1 aromatic carbocycles. The van der Waals surface area contributed by atoms with Crippen LogP contribution in [0, 0.1) is 5.82 Å². The fraction of sp³-hybridized carbons (Fsp3) is 0.0833. The second-order valence-electron chi connectivity index (χ2n) is 3.67. The van der Waals surface area contributed by atoms with Crippen molar-refractivity contribution in [3.05, 3.63) is 48.0 Å². The molecule has 0 bridgehead atoms. The van der Waals surface area contributed by atoms with Gasteiger partial charge in [0.05, 0.1) is 12.4 Å². The van der Waals surface area contributed by atoms with E-state index in [1.165, 1.54) is 0 Å². The summed E-state index contributed by atoms with van der Waals surface area (Å²) in [4.78, 5) is 9.86. The van der Waals surface area contributed by atoms with E-state index in [9.17, 15) is 4.39 Å². The predicted octanol–water partition coefficient (Wildman–Crippen LogP) is 2.02. The molecular formula is C12H11FN4S. The second-order valence-corrected chi connectivity index (χ2v) is 4.11. The van der Waals surface area contributed by atoms with Gasteiger partial charge in [-0.25, -0.2) is 14.4 Å². The van der Waals surface area contributed by atoms with E-state index in [1.54, 1.807) is 11.9 Å². The van der Waals surface area contributed by atoms with Crippen molar-refractivity contribution in [2.75, 3.05) is 11.9 Å². The number of benzene rings is 1. The molecule has 2 rings (SSSR count). The van der Waals surface area contributed by atoms with E-state index < -0.39 is 5.82 Å². The Morgan fingerprint density at radius 1 is 1.33 bits per heavy atom. The topological polar surface area (TPSA) is 55.0 Å². The summed E-state index contributed by atoms with van der Waals surface area (Å²) in [6, 6.07) is 7.36. The molecule has 1 aromatic heterocycles. The Kier molecular flexibility index (Phi) is 3.47. The Morgan fingerprint density at radius 3 is 2.61 bits per heavy atom. The van der Waals surface area contributed by atoms with Crippen LogP contribution in [0.25, 0.3) is 0 Å². The van der Waals surface area contributed by atoms with E-state index in [2.05, 4.69) is 9.97 Å². The van der Waals surface area contributed by atoms with Crippen LogP contribution >= 0.6 is 12.2 Å². The van der Waals surface area contributed by atoms with Crippen LogP contribution < -0.4 is 10.6 Å². The van der Waals surface area contributed by atoms with Crippen LogP contribution in [0.3, 0.4) is 0 Å². The lowest BCUT2D eigenvalue weighted by atomic mass is 10.2. The Hall–Kier alpha value is -2.08. The lowest BCUT2D eigenvalue weighted by molar-refractivity contribution is 0.613. The number of hydrogen-bond acceptors (Lipinski definition) is 4. The van der Waals surface area contributed by atoms with Crippen molar-refractivity contribution in [2.24, 2.45) is 5.73 Å². The average Bonchev–Trinajstić information content (AvgIpc) is 2.39. The van der Waals surface area contributed by atoms with Crippen molar-refractivity contribution in [3.63, 3.8) is 0 Å². The molecule has 2 N–H and O–H groups in total. The zero-order valence-corrected chi connectivity index (χ0v) is 10.5. The van der Waals surface area contributed by atoms with Gasteiger partial charge < -0.3 is 10.6 Å². The van der Waals surface area contributed by atoms with Crippen LogP contribution in [0.15, 0.2) is 36.7 Å². The molecule has 0 radical (unpaired) electrons. The summed E-state index contributed by atoms with van der Waals surface area (Å²) in [5.41, 5.74) is 7.16. The van der Waals surface area contributed by atoms with E-state index in [4.69, 9.17) is 18.0 Å². The summed E-state index contributed by atoms with van der Waals surface area (Å²) < 4.78 is 12.7. The van der Waals surface area contributed by atoms with E-state index >= 15 is 0 Å². The van der Waals surface area contributed by atoms with Crippen molar-refractivity contribution in [3.8, 4) is 0 Å². The monoisotopic (exact) mass is 262 g/mol. The summed E-state index contributed by atoms with van der Waals surface area (Å²) >= 11 is 4.92. The number of thiocarbonyl (C=S) groups is 1. The van der Waals surface area contributed by atoms with Gasteiger partial charge in [0.1, 0.15) is 4.99 Å². The second kappa shape index (κ2) is 5.05. The molecule has 0 aliphatic heterocycles. The highest BCUT2D eigenvalue weighted by Gasteiger charge is 2.08. The Balaban J connectivity index is 2.33. The number of nitrogens with zero attached hydrogens (tertiary/aromatic N) is 3. The number of hydrogen-bond donors (Lipinski definition) is 1. The Labute approximate surface area is 109 Å². The third kappa shape index (κ3) is 2.60. The molecular weight excluding hydrogens is 251 g/mol. The largest absolute Gasteiger partial charge is 0.389 e. The minimum atomic E-state index is -0.468. The van der Waals surface area contributed by atoms with E-state index in [1.807, 2.05) is 24.3 Å². The van der Waals surface area contributed by atoms with Gasteiger partial charge in [0.25, 0.3) is 0 Å². The summed E-state index contributed by atoms with van der Waals surface area (Å²) in [7, 11) is 1.78. The summed E-state index contributed by atoms with van der Waals surface area (Å²) in [6.07, 6.45) is 2.24. The molecule has 1 heterocycles. The molecule has 18 heavy (non-hydrogen) atoms. The molecule has 0 spiro atoms. The van der Waals surface area contributed by atoms with Gasteiger partial charge in [-0.2, -0.15) is 0 Å². The fourth-order valence-electron chi connectivity index (χ4n) is 1.46. The first-order chi connectivity index (χ1) is 8.58. The first-order valence-corrected chi connectivity index (χ1v) is 5.60. The Bertz CT molecular complexity index is 571. The number of nitrogens with two attached hydrogens (primary N) is 1. The standard InChI is InChI=1S/C12H11FN4S/c1-17(12-15-6-9(13)7-16-12)10-4-2-3-8(5-10)11(14)18/h2-7H,1H3,(H2,14,18). The highest BCUT2D eigenvalue weighted by molar-refractivity contribution is 7.80. The summed E-state index contributed by atoms with van der Waals surface area (Å²) in [5.74, 6) is -0.0690. The molecule has 0 unspecified atom stereocenters.